The summed E-state index contributed by atoms with van der Waals surface area (Å²) in [7, 11) is -1.17. The molecule has 0 aliphatic heterocycles. The number of ether oxygens (including phenoxy) is 2. The molecule has 1 saturated carbocycles. The van der Waals surface area contributed by atoms with Gasteiger partial charge in [0.05, 0.1) is 24.8 Å². The molecule has 1 aliphatic rings. The number of rotatable bonds is 8. The molecule has 0 bridgehead atoms. The van der Waals surface area contributed by atoms with Crippen LogP contribution in [0.15, 0.2) is 58.5 Å². The Morgan fingerprint density at radius 3 is 2.23 bits per heavy atom. The van der Waals surface area contributed by atoms with E-state index in [1.165, 1.54) is 32.4 Å². The van der Waals surface area contributed by atoms with Gasteiger partial charge >= 0.3 is 0 Å². The maximum atomic E-state index is 13.6. The van der Waals surface area contributed by atoms with Gasteiger partial charge in [0.1, 0.15) is 6.54 Å². The van der Waals surface area contributed by atoms with Crippen molar-refractivity contribution < 1.29 is 22.7 Å². The first-order valence-corrected chi connectivity index (χ1v) is 13.1. The first kappa shape index (κ1) is 26.5. The topological polar surface area (TPSA) is 97.3 Å². The van der Waals surface area contributed by atoms with Gasteiger partial charge in [0.15, 0.2) is 11.5 Å². The second-order valence-electron chi connectivity index (χ2n) is 9.72. The summed E-state index contributed by atoms with van der Waals surface area (Å²) < 4.78 is 38.7. The Hall–Kier alpha value is -3.07. The maximum Gasteiger partial charge on any atom is 0.264 e. The fourth-order valence-electron chi connectivity index (χ4n) is 4.25. The molecule has 8 nitrogen and oxygen atoms in total. The van der Waals surface area contributed by atoms with Crippen LogP contribution in [-0.2, 0) is 14.8 Å². The van der Waals surface area contributed by atoms with Crippen LogP contribution in [0.3, 0.4) is 0 Å². The molecule has 1 fully saturated rings. The van der Waals surface area contributed by atoms with Gasteiger partial charge in [-0.25, -0.2) is 13.8 Å². The molecule has 3 rings (SSSR count). The minimum absolute atomic E-state index is 0.0152. The Balaban J connectivity index is 1.79. The Labute approximate surface area is 208 Å². The quantitative estimate of drug-likeness (QED) is 0.533. The molecule has 2 aromatic rings. The average molecular weight is 502 g/mol. The molecule has 0 heterocycles. The van der Waals surface area contributed by atoms with Gasteiger partial charge in [-0.1, -0.05) is 39.0 Å². The third-order valence-electron chi connectivity index (χ3n) is 6.40. The van der Waals surface area contributed by atoms with Gasteiger partial charge in [-0.3, -0.25) is 9.10 Å². The number of methoxy groups -OCH3 is 2. The second-order valence-corrected chi connectivity index (χ2v) is 11.6. The molecule has 2 aromatic carbocycles. The molecular weight excluding hydrogens is 466 g/mol. The Morgan fingerprint density at radius 1 is 1.03 bits per heavy atom. The summed E-state index contributed by atoms with van der Waals surface area (Å²) in [4.78, 5) is 12.8. The number of sulfonamides is 1. The van der Waals surface area contributed by atoms with Crippen molar-refractivity contribution in [3.8, 4) is 11.5 Å². The normalized spacial score (nSPS) is 16.4. The fraction of sp³-hybridized carbons (Fsp3) is 0.462. The Morgan fingerprint density at radius 2 is 1.66 bits per heavy atom. The Bertz CT molecular complexity index is 1150. The number of hydrazone groups is 1. The fourth-order valence-corrected chi connectivity index (χ4v) is 5.69. The lowest BCUT2D eigenvalue weighted by Gasteiger charge is -2.34. The molecule has 0 unspecified atom stereocenters. The summed E-state index contributed by atoms with van der Waals surface area (Å²) in [5.41, 5.74) is 4.13. The van der Waals surface area contributed by atoms with Gasteiger partial charge in [0.25, 0.3) is 15.9 Å². The number of nitrogens with zero attached hydrogens (tertiary/aromatic N) is 2. The van der Waals surface area contributed by atoms with E-state index in [2.05, 4.69) is 31.3 Å². The third kappa shape index (κ3) is 6.54. The van der Waals surface area contributed by atoms with E-state index in [9.17, 15) is 13.2 Å². The molecule has 0 spiro atoms. The molecule has 190 valence electrons. The maximum absolute atomic E-state index is 13.6. The second kappa shape index (κ2) is 11.1. The minimum Gasteiger partial charge on any atom is -0.493 e. The molecule has 0 saturated heterocycles. The van der Waals surface area contributed by atoms with Crippen LogP contribution >= 0.6 is 0 Å². The van der Waals surface area contributed by atoms with Gasteiger partial charge in [0, 0.05) is 11.8 Å². The first-order chi connectivity index (χ1) is 16.6. The highest BCUT2D eigenvalue weighted by atomic mass is 32.2. The van der Waals surface area contributed by atoms with Crippen LogP contribution < -0.4 is 19.2 Å². The van der Waals surface area contributed by atoms with Crippen LogP contribution in [0.25, 0.3) is 0 Å². The lowest BCUT2D eigenvalue weighted by Crippen LogP contribution is -2.40. The first-order valence-electron chi connectivity index (χ1n) is 11.7. The minimum atomic E-state index is -4.09. The van der Waals surface area contributed by atoms with E-state index in [4.69, 9.17) is 9.47 Å². The molecule has 1 aliphatic carbocycles. The summed E-state index contributed by atoms with van der Waals surface area (Å²) in [5.74, 6) is 0.802. The average Bonchev–Trinajstić information content (AvgIpc) is 2.85. The largest absolute Gasteiger partial charge is 0.493 e. The molecule has 0 aromatic heterocycles. The van der Waals surface area contributed by atoms with Gasteiger partial charge < -0.3 is 9.47 Å². The van der Waals surface area contributed by atoms with Crippen molar-refractivity contribution in [1.29, 1.82) is 0 Å². The van der Waals surface area contributed by atoms with Crippen molar-refractivity contribution in [1.82, 2.24) is 5.43 Å². The molecule has 1 amide bonds. The van der Waals surface area contributed by atoms with E-state index in [-0.39, 0.29) is 16.1 Å². The van der Waals surface area contributed by atoms with Crippen LogP contribution in [0.2, 0.25) is 0 Å². The predicted octanol–water partition coefficient (Wildman–Crippen LogP) is 4.61. The molecule has 0 radical (unpaired) electrons. The van der Waals surface area contributed by atoms with Crippen molar-refractivity contribution in [3.05, 3.63) is 48.5 Å². The van der Waals surface area contributed by atoms with Gasteiger partial charge in [-0.05, 0) is 61.3 Å². The zero-order valence-electron chi connectivity index (χ0n) is 21.1. The van der Waals surface area contributed by atoms with E-state index >= 15 is 0 Å². The number of hydrogen-bond acceptors (Lipinski definition) is 6. The number of nitrogens with one attached hydrogen (secondary N) is 1. The van der Waals surface area contributed by atoms with Crippen molar-refractivity contribution in [2.24, 2.45) is 16.4 Å². The SMILES string of the molecule is COc1ccc(S(=O)(=O)N(CC(=O)NN=C2CCC(C(C)(C)C)CC2)c2ccccc2)cc1OC. The summed E-state index contributed by atoms with van der Waals surface area (Å²) >= 11 is 0. The van der Waals surface area contributed by atoms with E-state index in [1.54, 1.807) is 30.3 Å². The van der Waals surface area contributed by atoms with Gasteiger partial charge in [-0.15, -0.1) is 0 Å². The number of anilines is 1. The zero-order valence-corrected chi connectivity index (χ0v) is 21.9. The van der Waals surface area contributed by atoms with Crippen LogP contribution in [0.1, 0.15) is 46.5 Å². The zero-order chi connectivity index (χ0) is 25.6. The third-order valence-corrected chi connectivity index (χ3v) is 8.17. The van der Waals surface area contributed by atoms with Crippen molar-refractivity contribution in [2.45, 2.75) is 51.3 Å². The summed E-state index contributed by atoms with van der Waals surface area (Å²) in [5, 5.41) is 4.31. The number of carbonyl (C=O) groups is 1. The standard InChI is InChI=1S/C26H35N3O5S/c1-26(2,3)19-11-13-20(14-12-19)27-28-25(30)18-29(21-9-7-6-8-10-21)35(31,32)22-15-16-23(33-4)24(17-22)34-5/h6-10,15-17,19H,11-14,18H2,1-5H3,(H,28,30). The summed E-state index contributed by atoms with van der Waals surface area (Å²) in [6, 6.07) is 12.8. The highest BCUT2D eigenvalue weighted by molar-refractivity contribution is 7.92. The monoisotopic (exact) mass is 501 g/mol. The van der Waals surface area contributed by atoms with E-state index in [0.717, 1.165) is 35.7 Å². The van der Waals surface area contributed by atoms with Gasteiger partial charge in [0.2, 0.25) is 0 Å². The highest BCUT2D eigenvalue weighted by Crippen LogP contribution is 2.37. The summed E-state index contributed by atoms with van der Waals surface area (Å²) in [6.45, 7) is 6.33. The number of carbonyl (C=O) groups excluding carboxylic acids is 1. The summed E-state index contributed by atoms with van der Waals surface area (Å²) in [6.07, 6.45) is 3.72. The van der Waals surface area contributed by atoms with Gasteiger partial charge in [-0.2, -0.15) is 5.10 Å². The lowest BCUT2D eigenvalue weighted by molar-refractivity contribution is -0.119. The van der Waals surface area contributed by atoms with Crippen LogP contribution in [0.4, 0.5) is 5.69 Å². The Kier molecular flexibility index (Phi) is 8.43. The van der Waals surface area contributed by atoms with Crippen molar-refractivity contribution in [2.75, 3.05) is 25.1 Å². The number of benzene rings is 2. The lowest BCUT2D eigenvalue weighted by atomic mass is 9.72. The molecule has 0 atom stereocenters. The van der Waals surface area contributed by atoms with E-state index in [1.807, 2.05) is 0 Å². The van der Waals surface area contributed by atoms with Crippen LogP contribution in [-0.4, -0.2) is 40.8 Å². The van der Waals surface area contributed by atoms with Crippen molar-refractivity contribution >= 4 is 27.3 Å². The van der Waals surface area contributed by atoms with E-state index < -0.39 is 22.5 Å². The molecular formula is C26H35N3O5S. The predicted molar refractivity (Wildman–Crippen MR) is 138 cm³/mol. The number of hydrogen-bond donors (Lipinski definition) is 1. The molecule has 1 N–H and O–H groups in total. The highest BCUT2D eigenvalue weighted by Gasteiger charge is 2.30. The van der Waals surface area contributed by atoms with Crippen LogP contribution in [0, 0.1) is 11.3 Å². The number of para-hydroxylation sites is 1. The smallest absolute Gasteiger partial charge is 0.264 e. The van der Waals surface area contributed by atoms with E-state index in [0.29, 0.717) is 17.4 Å². The van der Waals surface area contributed by atoms with Crippen LogP contribution in [0.5, 0.6) is 11.5 Å². The number of amides is 1. The molecule has 35 heavy (non-hydrogen) atoms. The molecule has 9 heteroatoms. The van der Waals surface area contributed by atoms with Crippen molar-refractivity contribution in [3.63, 3.8) is 0 Å².